The minimum atomic E-state index is 0.847. The average molecular weight is 244 g/mol. The molecule has 0 aromatic carbocycles. The number of unbranched alkanes of at least 4 members (excludes halogenated alkanes) is 1. The van der Waals surface area contributed by atoms with Crippen molar-refractivity contribution in [3.63, 3.8) is 0 Å². The molecule has 0 radical (unpaired) electrons. The molecule has 1 heterocycles. The Balaban J connectivity index is 1.95. The van der Waals surface area contributed by atoms with Crippen molar-refractivity contribution < 1.29 is 9.47 Å². The summed E-state index contributed by atoms with van der Waals surface area (Å²) in [5.74, 6) is 0. The minimum absolute atomic E-state index is 0.847. The van der Waals surface area contributed by atoms with Gasteiger partial charge in [0.05, 0.1) is 13.2 Å². The predicted molar refractivity (Wildman–Crippen MR) is 70.5 cm³/mol. The van der Waals surface area contributed by atoms with E-state index in [-0.39, 0.29) is 0 Å². The van der Waals surface area contributed by atoms with E-state index in [0.29, 0.717) is 0 Å². The summed E-state index contributed by atoms with van der Waals surface area (Å²) in [6.45, 7) is 11.7. The van der Waals surface area contributed by atoms with E-state index >= 15 is 0 Å². The monoisotopic (exact) mass is 244 g/mol. The van der Waals surface area contributed by atoms with Crippen LogP contribution in [-0.4, -0.2) is 76.0 Å². The van der Waals surface area contributed by atoms with Gasteiger partial charge in [0.15, 0.2) is 0 Å². The molecule has 1 saturated heterocycles. The summed E-state index contributed by atoms with van der Waals surface area (Å²) in [4.78, 5) is 4.97. The Morgan fingerprint density at radius 1 is 0.882 bits per heavy atom. The molecule has 0 N–H and O–H groups in total. The van der Waals surface area contributed by atoms with Crippen molar-refractivity contribution >= 4 is 0 Å². The Labute approximate surface area is 106 Å². The fraction of sp³-hybridized carbons (Fsp3) is 1.00. The highest BCUT2D eigenvalue weighted by atomic mass is 16.5. The first-order valence-electron chi connectivity index (χ1n) is 6.88. The number of hydrogen-bond donors (Lipinski definition) is 0. The van der Waals surface area contributed by atoms with Gasteiger partial charge in [-0.15, -0.1) is 0 Å². The third kappa shape index (κ3) is 6.99. The summed E-state index contributed by atoms with van der Waals surface area (Å²) in [5.41, 5.74) is 0. The first-order chi connectivity index (χ1) is 8.36. The van der Waals surface area contributed by atoms with Crippen molar-refractivity contribution in [2.75, 3.05) is 66.2 Å². The van der Waals surface area contributed by atoms with E-state index in [0.717, 1.165) is 32.9 Å². The number of methoxy groups -OCH3 is 1. The van der Waals surface area contributed by atoms with Gasteiger partial charge in [0.2, 0.25) is 0 Å². The lowest BCUT2D eigenvalue weighted by Gasteiger charge is -2.34. The van der Waals surface area contributed by atoms with Gasteiger partial charge >= 0.3 is 0 Å². The van der Waals surface area contributed by atoms with Crippen LogP contribution in [0.25, 0.3) is 0 Å². The molecule has 1 rings (SSSR count). The molecule has 0 aromatic rings. The first-order valence-corrected chi connectivity index (χ1v) is 6.88. The fourth-order valence-corrected chi connectivity index (χ4v) is 2.00. The summed E-state index contributed by atoms with van der Waals surface area (Å²) in [7, 11) is 1.77. The van der Waals surface area contributed by atoms with Crippen LogP contribution in [0.5, 0.6) is 0 Å². The highest BCUT2D eigenvalue weighted by Crippen LogP contribution is 2.01. The SMILES string of the molecule is CCCCOCCN1CCN(CCOC)CC1. The minimum Gasteiger partial charge on any atom is -0.383 e. The maximum atomic E-state index is 5.59. The second-order valence-corrected chi connectivity index (χ2v) is 4.64. The lowest BCUT2D eigenvalue weighted by atomic mass is 10.3. The van der Waals surface area contributed by atoms with Crippen molar-refractivity contribution in [1.82, 2.24) is 9.80 Å². The van der Waals surface area contributed by atoms with Gasteiger partial charge in [0.25, 0.3) is 0 Å². The van der Waals surface area contributed by atoms with Gasteiger partial charge in [-0.25, -0.2) is 0 Å². The zero-order chi connectivity index (χ0) is 12.3. The van der Waals surface area contributed by atoms with Crippen LogP contribution in [0.15, 0.2) is 0 Å². The number of hydrogen-bond acceptors (Lipinski definition) is 4. The second-order valence-electron chi connectivity index (χ2n) is 4.64. The average Bonchev–Trinajstić information content (AvgIpc) is 2.37. The largest absolute Gasteiger partial charge is 0.383 e. The third-order valence-corrected chi connectivity index (χ3v) is 3.27. The molecule has 1 aliphatic heterocycles. The normalized spacial score (nSPS) is 18.7. The van der Waals surface area contributed by atoms with Gasteiger partial charge in [-0.3, -0.25) is 9.80 Å². The molecule has 102 valence electrons. The summed E-state index contributed by atoms with van der Waals surface area (Å²) >= 11 is 0. The zero-order valence-electron chi connectivity index (χ0n) is 11.5. The molecule has 0 bridgehead atoms. The van der Waals surface area contributed by atoms with Gasteiger partial charge in [0, 0.05) is 53.0 Å². The molecular weight excluding hydrogens is 216 g/mol. The Morgan fingerprint density at radius 3 is 2.00 bits per heavy atom. The molecule has 4 nitrogen and oxygen atoms in total. The quantitative estimate of drug-likeness (QED) is 0.566. The lowest BCUT2D eigenvalue weighted by molar-refractivity contribution is 0.0645. The molecule has 17 heavy (non-hydrogen) atoms. The zero-order valence-corrected chi connectivity index (χ0v) is 11.5. The van der Waals surface area contributed by atoms with Crippen molar-refractivity contribution in [2.45, 2.75) is 19.8 Å². The molecular formula is C13H28N2O2. The number of rotatable bonds is 9. The summed E-state index contributed by atoms with van der Waals surface area (Å²) in [6, 6.07) is 0. The summed E-state index contributed by atoms with van der Waals surface area (Å²) < 4.78 is 10.7. The van der Waals surface area contributed by atoms with Crippen molar-refractivity contribution in [3.8, 4) is 0 Å². The van der Waals surface area contributed by atoms with Crippen LogP contribution in [0.4, 0.5) is 0 Å². The molecule has 0 aliphatic carbocycles. The molecule has 0 aromatic heterocycles. The molecule has 0 saturated carbocycles. The van der Waals surface area contributed by atoms with E-state index < -0.39 is 0 Å². The maximum absolute atomic E-state index is 5.59. The molecule has 4 heteroatoms. The van der Waals surface area contributed by atoms with Crippen LogP contribution in [0.2, 0.25) is 0 Å². The smallest absolute Gasteiger partial charge is 0.0593 e. The Kier molecular flexibility index (Phi) is 8.61. The summed E-state index contributed by atoms with van der Waals surface area (Å²) in [6.07, 6.45) is 2.41. The Hall–Kier alpha value is -0.160. The van der Waals surface area contributed by atoms with E-state index in [1.54, 1.807) is 7.11 Å². The molecule has 0 spiro atoms. The van der Waals surface area contributed by atoms with Crippen molar-refractivity contribution in [1.29, 1.82) is 0 Å². The first kappa shape index (κ1) is 14.9. The van der Waals surface area contributed by atoms with Crippen LogP contribution in [0, 0.1) is 0 Å². The van der Waals surface area contributed by atoms with Gasteiger partial charge in [-0.1, -0.05) is 13.3 Å². The van der Waals surface area contributed by atoms with E-state index in [1.165, 1.54) is 39.0 Å². The molecule has 1 aliphatic rings. The number of piperazine rings is 1. The Morgan fingerprint density at radius 2 is 1.47 bits per heavy atom. The van der Waals surface area contributed by atoms with Gasteiger partial charge in [0.1, 0.15) is 0 Å². The van der Waals surface area contributed by atoms with Crippen LogP contribution in [0.3, 0.4) is 0 Å². The van der Waals surface area contributed by atoms with Gasteiger partial charge in [-0.2, -0.15) is 0 Å². The highest BCUT2D eigenvalue weighted by Gasteiger charge is 2.15. The lowest BCUT2D eigenvalue weighted by Crippen LogP contribution is -2.48. The molecule has 1 fully saturated rings. The highest BCUT2D eigenvalue weighted by molar-refractivity contribution is 4.71. The fourth-order valence-electron chi connectivity index (χ4n) is 2.00. The van der Waals surface area contributed by atoms with E-state index in [2.05, 4.69) is 16.7 Å². The van der Waals surface area contributed by atoms with Crippen molar-refractivity contribution in [3.05, 3.63) is 0 Å². The molecule has 0 amide bonds. The summed E-state index contributed by atoms with van der Waals surface area (Å²) in [5, 5.41) is 0. The van der Waals surface area contributed by atoms with E-state index in [9.17, 15) is 0 Å². The van der Waals surface area contributed by atoms with E-state index in [1.807, 2.05) is 0 Å². The van der Waals surface area contributed by atoms with Crippen LogP contribution in [-0.2, 0) is 9.47 Å². The van der Waals surface area contributed by atoms with Crippen LogP contribution in [0.1, 0.15) is 19.8 Å². The third-order valence-electron chi connectivity index (χ3n) is 3.27. The predicted octanol–water partition coefficient (Wildman–Crippen LogP) is 1.07. The maximum Gasteiger partial charge on any atom is 0.0593 e. The van der Waals surface area contributed by atoms with Crippen LogP contribution < -0.4 is 0 Å². The molecule has 0 unspecified atom stereocenters. The van der Waals surface area contributed by atoms with Gasteiger partial charge in [-0.05, 0) is 6.42 Å². The number of nitrogens with zero attached hydrogens (tertiary/aromatic N) is 2. The Bertz CT molecular complexity index is 168. The van der Waals surface area contributed by atoms with Crippen molar-refractivity contribution in [2.24, 2.45) is 0 Å². The topological polar surface area (TPSA) is 24.9 Å². The van der Waals surface area contributed by atoms with E-state index in [4.69, 9.17) is 9.47 Å². The molecule has 0 atom stereocenters. The van der Waals surface area contributed by atoms with Crippen LogP contribution >= 0.6 is 0 Å². The second kappa shape index (κ2) is 9.83. The standard InChI is InChI=1S/C13H28N2O2/c1-3-4-11-17-13-10-15-7-5-14(6-8-15)9-12-16-2/h3-13H2,1-2H3. The van der Waals surface area contributed by atoms with Gasteiger partial charge < -0.3 is 9.47 Å². The number of ether oxygens (including phenoxy) is 2.